The zero-order valence-electron chi connectivity index (χ0n) is 17.3. The van der Waals surface area contributed by atoms with E-state index in [4.69, 9.17) is 33.8 Å². The molecule has 0 saturated heterocycles. The number of rotatable bonds is 8. The van der Waals surface area contributed by atoms with Gasteiger partial charge in [-0.25, -0.2) is 4.68 Å². The van der Waals surface area contributed by atoms with Crippen molar-refractivity contribution < 1.29 is 9.53 Å². The molecule has 7 nitrogen and oxygen atoms in total. The number of thioether (sulfide) groups is 1. The van der Waals surface area contributed by atoms with Gasteiger partial charge in [0.15, 0.2) is 5.82 Å². The highest BCUT2D eigenvalue weighted by Crippen LogP contribution is 2.27. The van der Waals surface area contributed by atoms with Crippen molar-refractivity contribution in [3.05, 3.63) is 69.5 Å². The second-order valence-electron chi connectivity index (χ2n) is 6.95. The maximum Gasteiger partial charge on any atom is 0.233 e. The molecule has 3 rings (SSSR count). The lowest BCUT2D eigenvalue weighted by atomic mass is 10.1. The standard InChI is InChI=1S/C21H23Cl2N5O2S/c1-12(17-9-6-15(22)11-18(17)23)25-20(29)13(2)31-21-27-26-19(28(21)24)10-14-4-7-16(30-3)8-5-14/h4-9,11-13H,10,24H2,1-3H3,(H,25,29)/t12-,13-/m1/s1. The molecule has 1 aromatic heterocycles. The number of nitrogens with two attached hydrogens (primary N) is 1. The SMILES string of the molecule is COc1ccc(Cc2nnc(S[C@H](C)C(=O)N[C@H](C)c3ccc(Cl)cc3Cl)n2N)cc1. The van der Waals surface area contributed by atoms with E-state index in [2.05, 4.69) is 15.5 Å². The molecule has 3 aromatic rings. The maximum absolute atomic E-state index is 12.7. The van der Waals surface area contributed by atoms with Crippen LogP contribution in [-0.2, 0) is 11.2 Å². The van der Waals surface area contributed by atoms with Crippen LogP contribution in [0.15, 0.2) is 47.6 Å². The third-order valence-corrected chi connectivity index (χ3v) is 6.31. The number of halogens is 2. The van der Waals surface area contributed by atoms with Crippen molar-refractivity contribution in [1.82, 2.24) is 20.2 Å². The van der Waals surface area contributed by atoms with Crippen molar-refractivity contribution in [3.63, 3.8) is 0 Å². The second kappa shape index (κ2) is 10.3. The van der Waals surface area contributed by atoms with Gasteiger partial charge in [-0.3, -0.25) is 4.79 Å². The van der Waals surface area contributed by atoms with Crippen LogP contribution in [0.25, 0.3) is 0 Å². The van der Waals surface area contributed by atoms with Gasteiger partial charge in [0.1, 0.15) is 5.75 Å². The van der Waals surface area contributed by atoms with E-state index in [-0.39, 0.29) is 11.9 Å². The number of amides is 1. The molecule has 0 unspecified atom stereocenters. The van der Waals surface area contributed by atoms with E-state index in [9.17, 15) is 4.79 Å². The molecule has 0 aliphatic rings. The van der Waals surface area contributed by atoms with Crippen molar-refractivity contribution in [2.75, 3.05) is 13.0 Å². The molecule has 3 N–H and O–H groups in total. The minimum Gasteiger partial charge on any atom is -0.497 e. The van der Waals surface area contributed by atoms with Gasteiger partial charge < -0.3 is 15.9 Å². The first-order chi connectivity index (χ1) is 14.8. The lowest BCUT2D eigenvalue weighted by Crippen LogP contribution is -2.33. The number of hydrogen-bond donors (Lipinski definition) is 2. The van der Waals surface area contributed by atoms with Gasteiger partial charge in [-0.15, -0.1) is 10.2 Å². The number of carbonyl (C=O) groups excluding carboxylic acids is 1. The van der Waals surface area contributed by atoms with Crippen molar-refractivity contribution in [1.29, 1.82) is 0 Å². The Labute approximate surface area is 195 Å². The van der Waals surface area contributed by atoms with Crippen molar-refractivity contribution >= 4 is 40.9 Å². The molecule has 1 amide bonds. The van der Waals surface area contributed by atoms with Crippen LogP contribution in [0.3, 0.4) is 0 Å². The summed E-state index contributed by atoms with van der Waals surface area (Å²) in [5.41, 5.74) is 1.82. The van der Waals surface area contributed by atoms with Crippen LogP contribution in [0.2, 0.25) is 10.0 Å². The Hall–Kier alpha value is -2.42. The van der Waals surface area contributed by atoms with E-state index in [0.29, 0.717) is 27.4 Å². The fraction of sp³-hybridized carbons (Fsp3) is 0.286. The number of nitrogen functional groups attached to an aromatic ring is 1. The molecule has 164 valence electrons. The van der Waals surface area contributed by atoms with Crippen LogP contribution < -0.4 is 15.9 Å². The van der Waals surface area contributed by atoms with E-state index >= 15 is 0 Å². The lowest BCUT2D eigenvalue weighted by molar-refractivity contribution is -0.120. The van der Waals surface area contributed by atoms with E-state index in [1.54, 1.807) is 32.2 Å². The highest BCUT2D eigenvalue weighted by atomic mass is 35.5. The van der Waals surface area contributed by atoms with Crippen LogP contribution in [0.1, 0.15) is 36.8 Å². The van der Waals surface area contributed by atoms with Gasteiger partial charge >= 0.3 is 0 Å². The van der Waals surface area contributed by atoms with Crippen molar-refractivity contribution in [2.24, 2.45) is 0 Å². The van der Waals surface area contributed by atoms with Gasteiger partial charge in [0.2, 0.25) is 11.1 Å². The predicted molar refractivity (Wildman–Crippen MR) is 124 cm³/mol. The Morgan fingerprint density at radius 3 is 2.55 bits per heavy atom. The van der Waals surface area contributed by atoms with Crippen LogP contribution in [0.4, 0.5) is 0 Å². The molecular weight excluding hydrogens is 457 g/mol. The minimum absolute atomic E-state index is 0.164. The first kappa shape index (κ1) is 23.2. The molecule has 0 fully saturated rings. The predicted octanol–water partition coefficient (Wildman–Crippen LogP) is 4.26. The highest BCUT2D eigenvalue weighted by molar-refractivity contribution is 8.00. The Balaban J connectivity index is 1.61. The molecule has 0 spiro atoms. The molecule has 2 atom stereocenters. The summed E-state index contributed by atoms with van der Waals surface area (Å²) in [6.45, 7) is 3.65. The smallest absolute Gasteiger partial charge is 0.233 e. The average Bonchev–Trinajstić information content (AvgIpc) is 3.07. The molecule has 10 heteroatoms. The van der Waals surface area contributed by atoms with E-state index < -0.39 is 5.25 Å². The zero-order chi connectivity index (χ0) is 22.5. The monoisotopic (exact) mass is 479 g/mol. The van der Waals surface area contributed by atoms with Crippen LogP contribution in [-0.4, -0.2) is 33.1 Å². The second-order valence-corrected chi connectivity index (χ2v) is 9.10. The molecule has 1 heterocycles. The van der Waals surface area contributed by atoms with Gasteiger partial charge in [0.05, 0.1) is 18.4 Å². The fourth-order valence-corrected chi connectivity index (χ4v) is 4.28. The van der Waals surface area contributed by atoms with Gasteiger partial charge in [-0.2, -0.15) is 0 Å². The first-order valence-corrected chi connectivity index (χ1v) is 11.2. The lowest BCUT2D eigenvalue weighted by Gasteiger charge is -2.18. The molecule has 31 heavy (non-hydrogen) atoms. The summed E-state index contributed by atoms with van der Waals surface area (Å²) in [5.74, 6) is 7.38. The van der Waals surface area contributed by atoms with E-state index in [0.717, 1.165) is 16.9 Å². The molecule has 0 aliphatic carbocycles. The Morgan fingerprint density at radius 2 is 1.90 bits per heavy atom. The van der Waals surface area contributed by atoms with Gasteiger partial charge in [0, 0.05) is 16.5 Å². The quantitative estimate of drug-likeness (QED) is 0.370. The summed E-state index contributed by atoms with van der Waals surface area (Å²) < 4.78 is 6.58. The fourth-order valence-electron chi connectivity index (χ4n) is 2.91. The number of benzene rings is 2. The number of nitrogens with zero attached hydrogens (tertiary/aromatic N) is 3. The maximum atomic E-state index is 12.7. The average molecular weight is 480 g/mol. The highest BCUT2D eigenvalue weighted by Gasteiger charge is 2.22. The molecule has 0 radical (unpaired) electrons. The normalized spacial score (nSPS) is 12.9. The van der Waals surface area contributed by atoms with E-state index in [1.807, 2.05) is 31.2 Å². The van der Waals surface area contributed by atoms with Gasteiger partial charge in [-0.1, -0.05) is 53.2 Å². The largest absolute Gasteiger partial charge is 0.497 e. The topological polar surface area (TPSA) is 95.1 Å². The number of hydrogen-bond acceptors (Lipinski definition) is 6. The number of carbonyl (C=O) groups is 1. The first-order valence-electron chi connectivity index (χ1n) is 9.52. The summed E-state index contributed by atoms with van der Waals surface area (Å²) in [7, 11) is 1.62. The molecule has 0 bridgehead atoms. The molecule has 0 aliphatic heterocycles. The number of methoxy groups -OCH3 is 1. The zero-order valence-corrected chi connectivity index (χ0v) is 19.6. The third kappa shape index (κ3) is 5.84. The number of aromatic nitrogens is 3. The Kier molecular flexibility index (Phi) is 7.69. The molecule has 0 saturated carbocycles. The van der Waals surface area contributed by atoms with Crippen LogP contribution >= 0.6 is 35.0 Å². The minimum atomic E-state index is -0.436. The summed E-state index contributed by atoms with van der Waals surface area (Å²) in [5, 5.41) is 12.3. The Morgan fingerprint density at radius 1 is 1.19 bits per heavy atom. The summed E-state index contributed by atoms with van der Waals surface area (Å²) in [6, 6.07) is 12.6. The van der Waals surface area contributed by atoms with Crippen molar-refractivity contribution in [3.8, 4) is 5.75 Å². The van der Waals surface area contributed by atoms with Crippen LogP contribution in [0, 0.1) is 0 Å². The number of nitrogens with one attached hydrogen (secondary N) is 1. The van der Waals surface area contributed by atoms with Gasteiger partial charge in [0.25, 0.3) is 0 Å². The van der Waals surface area contributed by atoms with Crippen molar-refractivity contribution in [2.45, 2.75) is 36.7 Å². The van der Waals surface area contributed by atoms with Gasteiger partial charge in [-0.05, 0) is 49.2 Å². The summed E-state index contributed by atoms with van der Waals surface area (Å²) in [4.78, 5) is 12.7. The van der Waals surface area contributed by atoms with Crippen LogP contribution in [0.5, 0.6) is 5.75 Å². The number of ether oxygens (including phenoxy) is 1. The molecule has 2 aromatic carbocycles. The van der Waals surface area contributed by atoms with E-state index in [1.165, 1.54) is 16.4 Å². The Bertz CT molecular complexity index is 1060. The third-order valence-electron chi connectivity index (χ3n) is 4.70. The summed E-state index contributed by atoms with van der Waals surface area (Å²) >= 11 is 13.4. The molecular formula is C21H23Cl2N5O2S. The summed E-state index contributed by atoms with van der Waals surface area (Å²) in [6.07, 6.45) is 0.515.